The summed E-state index contributed by atoms with van der Waals surface area (Å²) in [5.41, 5.74) is 2.29. The lowest BCUT2D eigenvalue weighted by molar-refractivity contribution is 0.768. The Kier molecular flexibility index (Phi) is 2.24. The van der Waals surface area contributed by atoms with Gasteiger partial charge in [0.2, 0.25) is 0 Å². The van der Waals surface area contributed by atoms with Crippen molar-refractivity contribution in [2.45, 2.75) is 0 Å². The summed E-state index contributed by atoms with van der Waals surface area (Å²) in [4.78, 5) is 7.30. The van der Waals surface area contributed by atoms with E-state index in [0.29, 0.717) is 11.5 Å². The fourth-order valence-corrected chi connectivity index (χ4v) is 1.79. The summed E-state index contributed by atoms with van der Waals surface area (Å²) in [5.74, 6) is 0.710. The molecule has 88 valence electrons. The summed E-state index contributed by atoms with van der Waals surface area (Å²) < 4.78 is 1.71. The summed E-state index contributed by atoms with van der Waals surface area (Å²) in [6.07, 6.45) is 5.31. The maximum atomic E-state index is 8.82. The molecule has 0 radical (unpaired) electrons. The van der Waals surface area contributed by atoms with Gasteiger partial charge in [0.15, 0.2) is 0 Å². The van der Waals surface area contributed by atoms with Crippen LogP contribution in [0.15, 0.2) is 30.7 Å². The van der Waals surface area contributed by atoms with Crippen molar-refractivity contribution in [1.82, 2.24) is 19.7 Å². The first kappa shape index (κ1) is 10.4. The fourth-order valence-electron chi connectivity index (χ4n) is 1.79. The average molecular weight is 238 g/mol. The summed E-state index contributed by atoms with van der Waals surface area (Å²) in [5, 5.41) is 17.0. The van der Waals surface area contributed by atoms with Crippen molar-refractivity contribution in [1.29, 1.82) is 5.26 Å². The predicted octanol–water partition coefficient (Wildman–Crippen LogP) is 1.91. The number of H-pyrrole nitrogens is 1. The SMILES string of the molecule is Cn1cc(Nc2cc3[nH]c(C#N)cc3cn2)cn1. The van der Waals surface area contributed by atoms with Gasteiger partial charge >= 0.3 is 0 Å². The number of pyridine rings is 1. The lowest BCUT2D eigenvalue weighted by Crippen LogP contribution is -1.91. The average Bonchev–Trinajstić information content (AvgIpc) is 2.94. The summed E-state index contributed by atoms with van der Waals surface area (Å²) >= 11 is 0. The third-order valence-electron chi connectivity index (χ3n) is 2.60. The minimum absolute atomic E-state index is 0.533. The van der Waals surface area contributed by atoms with Crippen molar-refractivity contribution in [3.05, 3.63) is 36.4 Å². The molecule has 0 fully saturated rings. The largest absolute Gasteiger partial charge is 0.346 e. The van der Waals surface area contributed by atoms with Gasteiger partial charge in [-0.25, -0.2) is 4.98 Å². The highest BCUT2D eigenvalue weighted by Crippen LogP contribution is 2.19. The molecule has 3 rings (SSSR count). The van der Waals surface area contributed by atoms with E-state index in [9.17, 15) is 0 Å². The number of nitriles is 1. The molecule has 0 atom stereocenters. The van der Waals surface area contributed by atoms with Gasteiger partial charge in [-0.1, -0.05) is 0 Å². The number of anilines is 2. The second-order valence-electron chi connectivity index (χ2n) is 3.98. The molecule has 0 aromatic carbocycles. The quantitative estimate of drug-likeness (QED) is 0.714. The van der Waals surface area contributed by atoms with Gasteiger partial charge in [-0.05, 0) is 6.07 Å². The Hall–Kier alpha value is -2.81. The zero-order valence-electron chi connectivity index (χ0n) is 9.68. The van der Waals surface area contributed by atoms with Gasteiger partial charge in [0.05, 0.1) is 17.4 Å². The van der Waals surface area contributed by atoms with Crippen LogP contribution in [0.1, 0.15) is 5.69 Å². The predicted molar refractivity (Wildman–Crippen MR) is 67.3 cm³/mol. The van der Waals surface area contributed by atoms with E-state index in [0.717, 1.165) is 16.6 Å². The van der Waals surface area contributed by atoms with E-state index in [1.807, 2.05) is 19.3 Å². The minimum atomic E-state index is 0.533. The lowest BCUT2D eigenvalue weighted by Gasteiger charge is -2.01. The van der Waals surface area contributed by atoms with Crippen LogP contribution in [0, 0.1) is 11.3 Å². The molecule has 0 aliphatic heterocycles. The number of fused-ring (bicyclic) bond motifs is 1. The maximum absolute atomic E-state index is 8.82. The van der Waals surface area contributed by atoms with E-state index in [1.165, 1.54) is 0 Å². The van der Waals surface area contributed by atoms with E-state index in [-0.39, 0.29) is 0 Å². The zero-order chi connectivity index (χ0) is 12.5. The van der Waals surface area contributed by atoms with Gasteiger partial charge in [0.25, 0.3) is 0 Å². The summed E-state index contributed by atoms with van der Waals surface area (Å²) in [6.45, 7) is 0. The van der Waals surface area contributed by atoms with Crippen molar-refractivity contribution in [3.63, 3.8) is 0 Å². The van der Waals surface area contributed by atoms with E-state index in [1.54, 1.807) is 23.1 Å². The van der Waals surface area contributed by atoms with Gasteiger partial charge in [-0.15, -0.1) is 0 Å². The molecule has 2 N–H and O–H groups in total. The highest BCUT2D eigenvalue weighted by molar-refractivity contribution is 5.83. The fraction of sp³-hybridized carbons (Fsp3) is 0.0833. The molecule has 0 unspecified atom stereocenters. The Balaban J connectivity index is 1.95. The molecular weight excluding hydrogens is 228 g/mol. The lowest BCUT2D eigenvalue weighted by atomic mass is 10.3. The van der Waals surface area contributed by atoms with E-state index in [4.69, 9.17) is 5.26 Å². The molecule has 0 saturated heterocycles. The van der Waals surface area contributed by atoms with Crippen LogP contribution < -0.4 is 5.32 Å². The molecule has 0 saturated carbocycles. The van der Waals surface area contributed by atoms with Gasteiger partial charge < -0.3 is 10.3 Å². The van der Waals surface area contributed by atoms with Gasteiger partial charge in [-0.2, -0.15) is 10.4 Å². The Morgan fingerprint density at radius 2 is 2.28 bits per heavy atom. The number of rotatable bonds is 2. The number of nitrogens with zero attached hydrogens (tertiary/aromatic N) is 4. The van der Waals surface area contributed by atoms with Gasteiger partial charge in [0, 0.05) is 30.9 Å². The molecular formula is C12H10N6. The van der Waals surface area contributed by atoms with E-state index >= 15 is 0 Å². The van der Waals surface area contributed by atoms with E-state index in [2.05, 4.69) is 26.5 Å². The van der Waals surface area contributed by atoms with Gasteiger partial charge in [0.1, 0.15) is 17.6 Å². The van der Waals surface area contributed by atoms with E-state index < -0.39 is 0 Å². The third kappa shape index (κ3) is 1.78. The first-order valence-electron chi connectivity index (χ1n) is 5.39. The number of aromatic amines is 1. The van der Waals surface area contributed by atoms with Crippen LogP contribution in [-0.2, 0) is 7.05 Å². The van der Waals surface area contributed by atoms with Crippen LogP contribution in [0.5, 0.6) is 0 Å². The van der Waals surface area contributed by atoms with Gasteiger partial charge in [-0.3, -0.25) is 4.68 Å². The zero-order valence-corrected chi connectivity index (χ0v) is 9.68. The molecule has 18 heavy (non-hydrogen) atoms. The maximum Gasteiger partial charge on any atom is 0.132 e. The monoisotopic (exact) mass is 238 g/mol. The first-order valence-corrected chi connectivity index (χ1v) is 5.39. The molecule has 0 aliphatic carbocycles. The second-order valence-corrected chi connectivity index (χ2v) is 3.98. The van der Waals surface area contributed by atoms with Crippen LogP contribution in [0.4, 0.5) is 11.5 Å². The highest BCUT2D eigenvalue weighted by Gasteiger charge is 2.03. The topological polar surface area (TPSA) is 82.3 Å². The third-order valence-corrected chi connectivity index (χ3v) is 2.60. The Morgan fingerprint density at radius 1 is 1.39 bits per heavy atom. The Morgan fingerprint density at radius 3 is 3.00 bits per heavy atom. The number of nitrogens with one attached hydrogen (secondary N) is 2. The molecule has 0 amide bonds. The smallest absolute Gasteiger partial charge is 0.132 e. The van der Waals surface area contributed by atoms with Crippen LogP contribution in [0.3, 0.4) is 0 Å². The molecule has 0 aliphatic rings. The van der Waals surface area contributed by atoms with Crippen molar-refractivity contribution in [2.24, 2.45) is 7.05 Å². The summed E-state index contributed by atoms with van der Waals surface area (Å²) in [6, 6.07) is 5.71. The van der Waals surface area contributed by atoms with Crippen molar-refractivity contribution >= 4 is 22.4 Å². The minimum Gasteiger partial charge on any atom is -0.346 e. The number of aromatic nitrogens is 4. The molecule has 3 heterocycles. The van der Waals surface area contributed by atoms with Crippen LogP contribution in [-0.4, -0.2) is 19.7 Å². The van der Waals surface area contributed by atoms with Crippen LogP contribution in [0.2, 0.25) is 0 Å². The molecule has 3 aromatic rings. The molecule has 0 spiro atoms. The Labute approximate surface area is 103 Å². The Bertz CT molecular complexity index is 745. The standard InChI is InChI=1S/C12H10N6/c1-18-7-10(6-15-18)17-12-3-11-8(5-14-12)2-9(4-13)16-11/h2-3,5-7,16H,1H3,(H,14,17). The number of aryl methyl sites for hydroxylation is 1. The first-order chi connectivity index (χ1) is 8.74. The van der Waals surface area contributed by atoms with Crippen molar-refractivity contribution in [2.75, 3.05) is 5.32 Å². The molecule has 0 bridgehead atoms. The number of hydrogen-bond acceptors (Lipinski definition) is 4. The van der Waals surface area contributed by atoms with Crippen molar-refractivity contribution in [3.8, 4) is 6.07 Å². The summed E-state index contributed by atoms with van der Waals surface area (Å²) in [7, 11) is 1.85. The number of hydrogen-bond donors (Lipinski definition) is 2. The molecule has 6 nitrogen and oxygen atoms in total. The second kappa shape index (κ2) is 3.89. The van der Waals surface area contributed by atoms with Crippen LogP contribution >= 0.6 is 0 Å². The molecule has 3 aromatic heterocycles. The molecule has 6 heteroatoms. The normalized spacial score (nSPS) is 10.4. The van der Waals surface area contributed by atoms with Crippen molar-refractivity contribution < 1.29 is 0 Å². The van der Waals surface area contributed by atoms with Crippen LogP contribution in [0.25, 0.3) is 10.9 Å². The highest BCUT2D eigenvalue weighted by atomic mass is 15.3.